The molecule has 232 valence electrons. The maximum Gasteiger partial charge on any atom is 0.426 e. The number of halogens is 6. The summed E-state index contributed by atoms with van der Waals surface area (Å²) >= 11 is 0. The van der Waals surface area contributed by atoms with Crippen LogP contribution in [0.1, 0.15) is 72.1 Å². The van der Waals surface area contributed by atoms with Crippen LogP contribution in [0, 0.1) is 41.4 Å². The number of carbonyl (C=O) groups excluding carboxylic acids is 2. The summed E-state index contributed by atoms with van der Waals surface area (Å²) in [6.07, 6.45) is -4.35. The molecule has 0 aromatic heterocycles. The fourth-order valence-electron chi connectivity index (χ4n) is 8.68. The van der Waals surface area contributed by atoms with Gasteiger partial charge in [-0.3, -0.25) is 0 Å². The Morgan fingerprint density at radius 1 is 0.756 bits per heavy atom. The Balaban J connectivity index is 0.000000155. The number of fused-ring (bicyclic) bond motifs is 1. The molecule has 11 heteroatoms. The Morgan fingerprint density at radius 3 is 1.56 bits per heavy atom. The number of esters is 2. The average molecular weight is 595 g/mol. The third kappa shape index (κ3) is 5.56. The molecule has 6 saturated carbocycles. The van der Waals surface area contributed by atoms with Gasteiger partial charge in [0.2, 0.25) is 0 Å². The van der Waals surface area contributed by atoms with Gasteiger partial charge >= 0.3 is 24.3 Å². The zero-order chi connectivity index (χ0) is 30.7. The van der Waals surface area contributed by atoms with Crippen molar-refractivity contribution in [2.24, 2.45) is 41.4 Å². The molecule has 0 N–H and O–H groups in total. The van der Waals surface area contributed by atoms with Crippen LogP contribution in [0.25, 0.3) is 0 Å². The summed E-state index contributed by atoms with van der Waals surface area (Å²) in [5, 5.41) is 0. The third-order valence-electron chi connectivity index (χ3n) is 10.4. The monoisotopic (exact) mass is 594 g/mol. The molecular weight excluding hydrogens is 554 g/mol. The van der Waals surface area contributed by atoms with Gasteiger partial charge in [-0.05, 0) is 108 Å². The molecular formula is C30H40F6O5. The third-order valence-corrected chi connectivity index (χ3v) is 10.4. The number of ether oxygens (including phenoxy) is 3. The average Bonchev–Trinajstić information content (AvgIpc) is 3.48. The van der Waals surface area contributed by atoms with E-state index in [1.54, 1.807) is 13.8 Å². The summed E-state index contributed by atoms with van der Waals surface area (Å²) in [4.78, 5) is 22.0. The molecule has 0 aromatic rings. The smallest absolute Gasteiger partial charge is 0.426 e. The Labute approximate surface area is 237 Å². The van der Waals surface area contributed by atoms with Crippen molar-refractivity contribution in [3.63, 3.8) is 0 Å². The van der Waals surface area contributed by atoms with E-state index in [4.69, 9.17) is 4.74 Å². The lowest BCUT2D eigenvalue weighted by Crippen LogP contribution is -2.60. The minimum absolute atomic E-state index is 0.0137. The van der Waals surface area contributed by atoms with Crippen molar-refractivity contribution >= 4 is 11.9 Å². The van der Waals surface area contributed by atoms with Crippen molar-refractivity contribution in [1.29, 1.82) is 0 Å². The van der Waals surface area contributed by atoms with Gasteiger partial charge in [0, 0.05) is 17.1 Å². The highest BCUT2D eigenvalue weighted by Gasteiger charge is 2.82. The van der Waals surface area contributed by atoms with Crippen molar-refractivity contribution in [1.82, 2.24) is 0 Å². The molecule has 1 heterocycles. The Hall–Kier alpha value is -2.04. The number of rotatable bonds is 3. The van der Waals surface area contributed by atoms with E-state index in [2.05, 4.69) is 29.6 Å². The molecule has 0 spiro atoms. The lowest BCUT2D eigenvalue weighted by atomic mass is 9.50. The minimum atomic E-state index is -5.39. The first-order chi connectivity index (χ1) is 18.8. The standard InChI is InChI=1S/C15H22O2.C10H10F6O.C5H8O2/c1-9(2)14(16)17-15(3)12-5-10-4-11(7-12)8-13(15)6-10;11-9(12,13)8(10(14,15)16)6-2-4-1-5(6)7(3-4)17-8;1-4(2)5(6)7-3/h10-13H,1,4-8H2,2-3H3;4-7H,1-3H2;1H2,2-3H3. The molecule has 0 amide bonds. The van der Waals surface area contributed by atoms with Crippen LogP contribution in [-0.4, -0.2) is 48.7 Å². The molecule has 6 aliphatic carbocycles. The van der Waals surface area contributed by atoms with Gasteiger partial charge in [-0.1, -0.05) is 13.2 Å². The summed E-state index contributed by atoms with van der Waals surface area (Å²) in [6, 6.07) is 0. The van der Waals surface area contributed by atoms with E-state index in [1.807, 2.05) is 0 Å². The van der Waals surface area contributed by atoms with Crippen molar-refractivity contribution < 1.29 is 50.1 Å². The first-order valence-electron chi connectivity index (χ1n) is 14.3. The highest BCUT2D eigenvalue weighted by Crippen LogP contribution is 2.67. The molecule has 41 heavy (non-hydrogen) atoms. The van der Waals surface area contributed by atoms with Crippen LogP contribution >= 0.6 is 0 Å². The summed E-state index contributed by atoms with van der Waals surface area (Å²) in [7, 11) is 1.33. The van der Waals surface area contributed by atoms with Gasteiger partial charge in [0.1, 0.15) is 5.60 Å². The predicted octanol–water partition coefficient (Wildman–Crippen LogP) is 7.35. The van der Waals surface area contributed by atoms with Gasteiger partial charge in [0.15, 0.2) is 0 Å². The highest BCUT2D eigenvalue weighted by molar-refractivity contribution is 5.87. The van der Waals surface area contributed by atoms with E-state index in [9.17, 15) is 35.9 Å². The number of hydrogen-bond acceptors (Lipinski definition) is 5. The van der Waals surface area contributed by atoms with E-state index in [1.165, 1.54) is 39.2 Å². The maximum absolute atomic E-state index is 12.9. The van der Waals surface area contributed by atoms with Gasteiger partial charge < -0.3 is 14.2 Å². The number of alkyl halides is 6. The van der Waals surface area contributed by atoms with Gasteiger partial charge in [-0.25, -0.2) is 9.59 Å². The second kappa shape index (κ2) is 10.9. The van der Waals surface area contributed by atoms with Crippen LogP contribution in [0.3, 0.4) is 0 Å². The molecule has 4 atom stereocenters. The first-order valence-corrected chi connectivity index (χ1v) is 14.3. The molecule has 0 aromatic carbocycles. The van der Waals surface area contributed by atoms with E-state index >= 15 is 0 Å². The normalized spacial score (nSPS) is 38.8. The van der Waals surface area contributed by atoms with Crippen molar-refractivity contribution in [3.05, 3.63) is 24.3 Å². The molecule has 7 rings (SSSR count). The minimum Gasteiger partial charge on any atom is -0.466 e. The maximum atomic E-state index is 12.9. The molecule has 7 aliphatic rings. The molecule has 7 fully saturated rings. The predicted molar refractivity (Wildman–Crippen MR) is 137 cm³/mol. The molecule has 4 unspecified atom stereocenters. The van der Waals surface area contributed by atoms with Gasteiger partial charge in [-0.15, -0.1) is 0 Å². The summed E-state index contributed by atoms with van der Waals surface area (Å²) in [5.41, 5.74) is -3.16. The van der Waals surface area contributed by atoms with Crippen LogP contribution in [0.4, 0.5) is 26.3 Å². The summed E-state index contributed by atoms with van der Waals surface area (Å²) in [5.74, 6) is 0.448. The second-order valence-corrected chi connectivity index (χ2v) is 13.2. The van der Waals surface area contributed by atoms with Crippen LogP contribution in [0.2, 0.25) is 0 Å². The van der Waals surface area contributed by atoms with E-state index < -0.39 is 35.9 Å². The Bertz CT molecular complexity index is 1020. The van der Waals surface area contributed by atoms with Crippen LogP contribution in [-0.2, 0) is 23.8 Å². The molecule has 5 nitrogen and oxygen atoms in total. The van der Waals surface area contributed by atoms with Crippen molar-refractivity contribution in [2.45, 2.75) is 102 Å². The lowest BCUT2D eigenvalue weighted by Gasteiger charge is -2.59. The zero-order valence-electron chi connectivity index (χ0n) is 24.0. The van der Waals surface area contributed by atoms with E-state index in [0.717, 1.165) is 11.8 Å². The molecule has 0 radical (unpaired) electrons. The van der Waals surface area contributed by atoms with Crippen LogP contribution in [0.15, 0.2) is 24.3 Å². The Kier molecular flexibility index (Phi) is 8.48. The topological polar surface area (TPSA) is 61.8 Å². The van der Waals surface area contributed by atoms with Crippen molar-refractivity contribution in [2.75, 3.05) is 7.11 Å². The van der Waals surface area contributed by atoms with Gasteiger partial charge in [-0.2, -0.15) is 26.3 Å². The van der Waals surface area contributed by atoms with Crippen molar-refractivity contribution in [3.8, 4) is 0 Å². The number of hydrogen-bond donors (Lipinski definition) is 0. The molecule has 1 aliphatic heterocycles. The first kappa shape index (κ1) is 31.9. The number of methoxy groups -OCH3 is 1. The SMILES string of the molecule is C=C(C)C(=O)OC.C=C(C)C(=O)OC1(C)C2CC3CC(C2)CC1C3.FC(F)(F)C1(C(F)(F)F)OC2CC3CC2C1C3. The molecule has 1 saturated heterocycles. The summed E-state index contributed by atoms with van der Waals surface area (Å²) < 4.78 is 92.0. The Morgan fingerprint density at radius 2 is 1.22 bits per heavy atom. The number of carbonyl (C=O) groups is 2. The zero-order valence-corrected chi connectivity index (χ0v) is 24.0. The van der Waals surface area contributed by atoms with Crippen LogP contribution < -0.4 is 0 Å². The highest BCUT2D eigenvalue weighted by atomic mass is 19.4. The van der Waals surface area contributed by atoms with Gasteiger partial charge in [0.25, 0.3) is 5.60 Å². The largest absolute Gasteiger partial charge is 0.466 e. The fourth-order valence-corrected chi connectivity index (χ4v) is 8.68. The summed E-state index contributed by atoms with van der Waals surface area (Å²) in [6.45, 7) is 12.6. The van der Waals surface area contributed by atoms with E-state index in [-0.39, 0.29) is 29.9 Å². The second-order valence-electron chi connectivity index (χ2n) is 13.2. The van der Waals surface area contributed by atoms with Gasteiger partial charge in [0.05, 0.1) is 13.2 Å². The molecule has 6 bridgehead atoms. The quantitative estimate of drug-likeness (QED) is 0.194. The fraction of sp³-hybridized carbons (Fsp3) is 0.800. The van der Waals surface area contributed by atoms with E-state index in [0.29, 0.717) is 35.8 Å². The van der Waals surface area contributed by atoms with Crippen LogP contribution in [0.5, 0.6) is 0 Å². The lowest BCUT2D eigenvalue weighted by molar-refractivity contribution is -0.383.